The Morgan fingerprint density at radius 3 is 2.70 bits per heavy atom. The SMILES string of the molecule is O=C(NC1(C(=O)O)CCOC1)c1cnn(-c2ccc(Br)cc2)c1. The molecule has 1 fully saturated rings. The number of carbonyl (C=O) groups excluding carboxylic acids is 1. The van der Waals surface area contributed by atoms with Crippen LogP contribution < -0.4 is 5.32 Å². The number of hydrogen-bond donors (Lipinski definition) is 2. The normalized spacial score (nSPS) is 20.4. The third kappa shape index (κ3) is 3.13. The van der Waals surface area contributed by atoms with Gasteiger partial charge in [-0.1, -0.05) is 15.9 Å². The average molecular weight is 380 g/mol. The highest BCUT2D eigenvalue weighted by atomic mass is 79.9. The van der Waals surface area contributed by atoms with Gasteiger partial charge in [0.05, 0.1) is 24.1 Å². The van der Waals surface area contributed by atoms with Gasteiger partial charge in [0.15, 0.2) is 5.54 Å². The first kappa shape index (κ1) is 15.7. The number of nitrogens with zero attached hydrogens (tertiary/aromatic N) is 2. The quantitative estimate of drug-likeness (QED) is 0.841. The second-order valence-electron chi connectivity index (χ2n) is 5.29. The van der Waals surface area contributed by atoms with Crippen LogP contribution in [0.5, 0.6) is 0 Å². The lowest BCUT2D eigenvalue weighted by Gasteiger charge is -2.23. The van der Waals surface area contributed by atoms with Crippen molar-refractivity contribution in [2.45, 2.75) is 12.0 Å². The van der Waals surface area contributed by atoms with E-state index < -0.39 is 17.4 Å². The van der Waals surface area contributed by atoms with Crippen LogP contribution in [0.15, 0.2) is 41.1 Å². The Balaban J connectivity index is 1.78. The third-order valence-electron chi connectivity index (χ3n) is 3.72. The standard InChI is InChI=1S/C15H14BrN3O4/c16-11-1-3-12(4-2-11)19-8-10(7-17-19)13(20)18-15(14(21)22)5-6-23-9-15/h1-4,7-8H,5-6,9H2,(H,18,20)(H,21,22). The highest BCUT2D eigenvalue weighted by Gasteiger charge is 2.44. The van der Waals surface area contributed by atoms with Crippen molar-refractivity contribution in [2.75, 3.05) is 13.2 Å². The summed E-state index contributed by atoms with van der Waals surface area (Å²) < 4.78 is 7.62. The molecule has 1 atom stereocenters. The molecule has 0 radical (unpaired) electrons. The van der Waals surface area contributed by atoms with Crippen LogP contribution in [0, 0.1) is 0 Å². The topological polar surface area (TPSA) is 93.5 Å². The molecule has 1 amide bonds. The zero-order valence-corrected chi connectivity index (χ0v) is 13.6. The molecule has 2 aromatic rings. The molecule has 1 saturated heterocycles. The smallest absolute Gasteiger partial charge is 0.331 e. The molecule has 0 bridgehead atoms. The highest BCUT2D eigenvalue weighted by Crippen LogP contribution is 2.20. The van der Waals surface area contributed by atoms with Crippen molar-refractivity contribution in [2.24, 2.45) is 0 Å². The highest BCUT2D eigenvalue weighted by molar-refractivity contribution is 9.10. The fourth-order valence-electron chi connectivity index (χ4n) is 2.35. The Labute approximate surface area is 140 Å². The zero-order chi connectivity index (χ0) is 16.4. The van der Waals surface area contributed by atoms with Gasteiger partial charge in [0.1, 0.15) is 0 Å². The first-order valence-corrected chi connectivity index (χ1v) is 7.74. The van der Waals surface area contributed by atoms with E-state index in [1.807, 2.05) is 24.3 Å². The number of rotatable bonds is 4. The van der Waals surface area contributed by atoms with Gasteiger partial charge in [0, 0.05) is 23.7 Å². The van der Waals surface area contributed by atoms with Gasteiger partial charge in [0.2, 0.25) is 0 Å². The monoisotopic (exact) mass is 379 g/mol. The molecule has 7 nitrogen and oxygen atoms in total. The molecule has 8 heteroatoms. The minimum Gasteiger partial charge on any atom is -0.479 e. The maximum atomic E-state index is 12.3. The maximum absolute atomic E-state index is 12.3. The predicted octanol–water partition coefficient (Wildman–Crippen LogP) is 1.61. The molecular weight excluding hydrogens is 366 g/mol. The number of nitrogens with one attached hydrogen (secondary N) is 1. The summed E-state index contributed by atoms with van der Waals surface area (Å²) in [4.78, 5) is 23.7. The van der Waals surface area contributed by atoms with Gasteiger partial charge in [-0.15, -0.1) is 0 Å². The van der Waals surface area contributed by atoms with Crippen LogP contribution in [-0.4, -0.2) is 45.5 Å². The number of amides is 1. The van der Waals surface area contributed by atoms with E-state index in [1.54, 1.807) is 10.9 Å². The van der Waals surface area contributed by atoms with Crippen LogP contribution in [0.3, 0.4) is 0 Å². The Kier molecular flexibility index (Phi) is 4.18. The van der Waals surface area contributed by atoms with Crippen molar-refractivity contribution in [3.63, 3.8) is 0 Å². The molecule has 0 saturated carbocycles. The molecular formula is C15H14BrN3O4. The van der Waals surface area contributed by atoms with E-state index in [1.165, 1.54) is 6.20 Å². The van der Waals surface area contributed by atoms with E-state index >= 15 is 0 Å². The Bertz CT molecular complexity index is 735. The number of carboxylic acid groups (broad SMARTS) is 1. The summed E-state index contributed by atoms with van der Waals surface area (Å²) in [5.41, 5.74) is -0.276. The fraction of sp³-hybridized carbons (Fsp3) is 0.267. The summed E-state index contributed by atoms with van der Waals surface area (Å²) in [6, 6.07) is 7.43. The molecule has 2 heterocycles. The van der Waals surface area contributed by atoms with Crippen molar-refractivity contribution >= 4 is 27.8 Å². The number of ether oxygens (including phenoxy) is 1. The molecule has 1 aromatic carbocycles. The first-order chi connectivity index (χ1) is 11.0. The second-order valence-corrected chi connectivity index (χ2v) is 6.21. The summed E-state index contributed by atoms with van der Waals surface area (Å²) in [5, 5.41) is 16.0. The van der Waals surface area contributed by atoms with E-state index in [0.29, 0.717) is 12.2 Å². The molecule has 3 rings (SSSR count). The fourth-order valence-corrected chi connectivity index (χ4v) is 2.61. The number of aromatic nitrogens is 2. The average Bonchev–Trinajstić information content (AvgIpc) is 3.17. The largest absolute Gasteiger partial charge is 0.479 e. The van der Waals surface area contributed by atoms with Crippen LogP contribution in [0.25, 0.3) is 5.69 Å². The Morgan fingerprint density at radius 1 is 1.35 bits per heavy atom. The lowest BCUT2D eigenvalue weighted by atomic mass is 9.98. The molecule has 2 N–H and O–H groups in total. The van der Waals surface area contributed by atoms with Gasteiger partial charge < -0.3 is 15.2 Å². The predicted molar refractivity (Wildman–Crippen MR) is 84.5 cm³/mol. The molecule has 1 aliphatic rings. The third-order valence-corrected chi connectivity index (χ3v) is 4.25. The van der Waals surface area contributed by atoms with E-state index in [0.717, 1.165) is 10.2 Å². The van der Waals surface area contributed by atoms with Crippen LogP contribution in [0.4, 0.5) is 0 Å². The van der Waals surface area contributed by atoms with Gasteiger partial charge >= 0.3 is 5.97 Å². The molecule has 23 heavy (non-hydrogen) atoms. The molecule has 1 aliphatic heterocycles. The summed E-state index contributed by atoms with van der Waals surface area (Å²) in [7, 11) is 0. The van der Waals surface area contributed by atoms with Gasteiger partial charge in [-0.2, -0.15) is 5.10 Å². The number of halogens is 1. The number of aliphatic carboxylic acids is 1. The van der Waals surface area contributed by atoms with Gasteiger partial charge in [-0.3, -0.25) is 4.79 Å². The van der Waals surface area contributed by atoms with Gasteiger partial charge in [0.25, 0.3) is 5.91 Å². The Hall–Kier alpha value is -2.19. The van der Waals surface area contributed by atoms with E-state index in [2.05, 4.69) is 26.3 Å². The zero-order valence-electron chi connectivity index (χ0n) is 12.0. The Morgan fingerprint density at radius 2 is 2.09 bits per heavy atom. The van der Waals surface area contributed by atoms with Crippen LogP contribution in [0.2, 0.25) is 0 Å². The van der Waals surface area contributed by atoms with Gasteiger partial charge in [-0.25, -0.2) is 9.48 Å². The van der Waals surface area contributed by atoms with Crippen LogP contribution in [-0.2, 0) is 9.53 Å². The molecule has 0 spiro atoms. The summed E-state index contributed by atoms with van der Waals surface area (Å²) in [6.07, 6.45) is 3.21. The first-order valence-electron chi connectivity index (χ1n) is 6.94. The summed E-state index contributed by atoms with van der Waals surface area (Å²) in [5.74, 6) is -1.58. The van der Waals surface area contributed by atoms with Crippen molar-refractivity contribution in [1.29, 1.82) is 0 Å². The maximum Gasteiger partial charge on any atom is 0.331 e. The van der Waals surface area contributed by atoms with Crippen molar-refractivity contribution < 1.29 is 19.4 Å². The minimum atomic E-state index is -1.36. The van der Waals surface area contributed by atoms with E-state index in [9.17, 15) is 14.7 Å². The molecule has 0 aliphatic carbocycles. The van der Waals surface area contributed by atoms with Crippen LogP contribution >= 0.6 is 15.9 Å². The molecule has 1 unspecified atom stereocenters. The van der Waals surface area contributed by atoms with Crippen molar-refractivity contribution in [3.05, 3.63) is 46.7 Å². The molecule has 1 aromatic heterocycles. The van der Waals surface area contributed by atoms with Gasteiger partial charge in [-0.05, 0) is 24.3 Å². The number of benzene rings is 1. The summed E-state index contributed by atoms with van der Waals surface area (Å²) >= 11 is 3.35. The second kappa shape index (κ2) is 6.13. The lowest BCUT2D eigenvalue weighted by Crippen LogP contribution is -2.55. The molecule has 120 valence electrons. The summed E-state index contributed by atoms with van der Waals surface area (Å²) in [6.45, 7) is 0.277. The van der Waals surface area contributed by atoms with Crippen LogP contribution in [0.1, 0.15) is 16.8 Å². The number of carbonyl (C=O) groups is 2. The van der Waals surface area contributed by atoms with Crippen molar-refractivity contribution in [1.82, 2.24) is 15.1 Å². The lowest BCUT2D eigenvalue weighted by molar-refractivity contribution is -0.144. The number of hydrogen-bond acceptors (Lipinski definition) is 4. The minimum absolute atomic E-state index is 0.0328. The van der Waals surface area contributed by atoms with Crippen molar-refractivity contribution in [3.8, 4) is 5.69 Å². The number of carboxylic acids is 1. The van der Waals surface area contributed by atoms with E-state index in [-0.39, 0.29) is 13.0 Å². The van der Waals surface area contributed by atoms with E-state index in [4.69, 9.17) is 4.74 Å².